The van der Waals surface area contributed by atoms with Gasteiger partial charge in [-0.1, -0.05) is 5.16 Å². The Bertz CT molecular complexity index is 403. The molecule has 66 valence electrons. The predicted molar refractivity (Wildman–Crippen MR) is 36.3 cm³/mol. The van der Waals surface area contributed by atoms with Crippen LogP contribution in [0.1, 0.15) is 17.3 Å². The third kappa shape index (κ3) is 1.51. The van der Waals surface area contributed by atoms with E-state index in [0.717, 1.165) is 13.2 Å². The molecule has 1 aromatic heterocycles. The van der Waals surface area contributed by atoms with Gasteiger partial charge in [0.05, 0.1) is 5.56 Å². The Morgan fingerprint density at radius 3 is 2.58 bits per heavy atom. The summed E-state index contributed by atoms with van der Waals surface area (Å²) in [6.07, 6.45) is 0.867. The van der Waals surface area contributed by atoms with Gasteiger partial charge in [0, 0.05) is 0 Å². The summed E-state index contributed by atoms with van der Waals surface area (Å²) in [7, 11) is -4.46. The standard InChI is InChI=1S/C5H5NO5S/c1-3(7)4-2-11-6-5(4)12(8,9)10/h2H,1H3,(H,8,9,10). The number of hydrogen-bond donors (Lipinski definition) is 1. The van der Waals surface area contributed by atoms with Crippen LogP contribution in [-0.4, -0.2) is 23.9 Å². The van der Waals surface area contributed by atoms with Crippen LogP contribution < -0.4 is 0 Å². The zero-order valence-electron chi connectivity index (χ0n) is 6.01. The second-order valence-corrected chi connectivity index (χ2v) is 3.40. The monoisotopic (exact) mass is 191 g/mol. The van der Waals surface area contributed by atoms with Crippen molar-refractivity contribution in [1.29, 1.82) is 0 Å². The van der Waals surface area contributed by atoms with Gasteiger partial charge in [0.15, 0.2) is 5.78 Å². The van der Waals surface area contributed by atoms with E-state index in [9.17, 15) is 13.2 Å². The van der Waals surface area contributed by atoms with Gasteiger partial charge in [-0.3, -0.25) is 9.35 Å². The molecule has 0 radical (unpaired) electrons. The number of rotatable bonds is 2. The number of hydrogen-bond acceptors (Lipinski definition) is 5. The summed E-state index contributed by atoms with van der Waals surface area (Å²) in [5.74, 6) is -0.538. The Kier molecular flexibility index (Phi) is 1.99. The van der Waals surface area contributed by atoms with Crippen LogP contribution in [0.2, 0.25) is 0 Å². The summed E-state index contributed by atoms with van der Waals surface area (Å²) in [5.41, 5.74) is -0.252. The van der Waals surface area contributed by atoms with Crippen LogP contribution in [0, 0.1) is 0 Å². The molecule has 0 fully saturated rings. The van der Waals surface area contributed by atoms with Crippen molar-refractivity contribution in [3.05, 3.63) is 11.8 Å². The number of carbonyl (C=O) groups is 1. The second kappa shape index (κ2) is 2.68. The molecule has 0 aromatic carbocycles. The Hall–Kier alpha value is -1.21. The van der Waals surface area contributed by atoms with E-state index in [0.29, 0.717) is 0 Å². The Morgan fingerprint density at radius 1 is 1.67 bits per heavy atom. The molecule has 7 heteroatoms. The normalized spacial score (nSPS) is 11.5. The summed E-state index contributed by atoms with van der Waals surface area (Å²) in [6.45, 7) is 1.14. The van der Waals surface area contributed by atoms with Gasteiger partial charge in [-0.25, -0.2) is 0 Å². The molecule has 1 rings (SSSR count). The Balaban J connectivity index is 3.36. The molecule has 0 spiro atoms. The van der Waals surface area contributed by atoms with Gasteiger partial charge in [0.2, 0.25) is 5.03 Å². The third-order valence-corrected chi connectivity index (χ3v) is 1.94. The van der Waals surface area contributed by atoms with E-state index in [1.54, 1.807) is 0 Å². The Labute approximate surface area is 67.9 Å². The van der Waals surface area contributed by atoms with Gasteiger partial charge >= 0.3 is 10.1 Å². The molecule has 0 bridgehead atoms. The van der Waals surface area contributed by atoms with Gasteiger partial charge in [0.1, 0.15) is 6.26 Å². The molecule has 0 amide bonds. The Morgan fingerprint density at radius 2 is 2.25 bits per heavy atom. The highest BCUT2D eigenvalue weighted by molar-refractivity contribution is 7.85. The maximum atomic E-state index is 10.7. The number of aromatic nitrogens is 1. The predicted octanol–water partition coefficient (Wildman–Crippen LogP) is 0.124. The highest BCUT2D eigenvalue weighted by Crippen LogP contribution is 2.12. The fraction of sp³-hybridized carbons (Fsp3) is 0.200. The van der Waals surface area contributed by atoms with Crippen LogP contribution in [0.15, 0.2) is 15.8 Å². The molecule has 0 aliphatic carbocycles. The maximum absolute atomic E-state index is 10.7. The third-order valence-electron chi connectivity index (χ3n) is 1.16. The minimum Gasteiger partial charge on any atom is -0.363 e. The zero-order valence-corrected chi connectivity index (χ0v) is 6.83. The molecule has 12 heavy (non-hydrogen) atoms. The lowest BCUT2D eigenvalue weighted by atomic mass is 10.3. The lowest BCUT2D eigenvalue weighted by Gasteiger charge is -1.90. The fourth-order valence-electron chi connectivity index (χ4n) is 0.646. The van der Waals surface area contributed by atoms with Crippen LogP contribution in [0.5, 0.6) is 0 Å². The molecule has 0 aliphatic rings. The van der Waals surface area contributed by atoms with Crippen LogP contribution in [0.3, 0.4) is 0 Å². The molecule has 1 heterocycles. The van der Waals surface area contributed by atoms with Crippen molar-refractivity contribution in [1.82, 2.24) is 5.16 Å². The van der Waals surface area contributed by atoms with E-state index in [2.05, 4.69) is 9.68 Å². The molecular weight excluding hydrogens is 186 g/mol. The zero-order chi connectivity index (χ0) is 9.35. The van der Waals surface area contributed by atoms with Crippen LogP contribution in [0.4, 0.5) is 0 Å². The number of carbonyl (C=O) groups excluding carboxylic acids is 1. The molecule has 0 unspecified atom stereocenters. The first kappa shape index (κ1) is 8.88. The minimum atomic E-state index is -4.46. The highest BCUT2D eigenvalue weighted by atomic mass is 32.2. The van der Waals surface area contributed by atoms with E-state index in [4.69, 9.17) is 4.55 Å². The van der Waals surface area contributed by atoms with Crippen molar-refractivity contribution >= 4 is 15.9 Å². The smallest absolute Gasteiger partial charge is 0.316 e. The maximum Gasteiger partial charge on any atom is 0.316 e. The van der Waals surface area contributed by atoms with Crippen molar-refractivity contribution in [3.63, 3.8) is 0 Å². The van der Waals surface area contributed by atoms with E-state index in [1.807, 2.05) is 0 Å². The van der Waals surface area contributed by atoms with Gasteiger partial charge in [-0.2, -0.15) is 8.42 Å². The van der Waals surface area contributed by atoms with E-state index < -0.39 is 20.9 Å². The van der Waals surface area contributed by atoms with E-state index in [1.165, 1.54) is 0 Å². The van der Waals surface area contributed by atoms with Crippen molar-refractivity contribution < 1.29 is 22.3 Å². The SMILES string of the molecule is CC(=O)c1conc1S(=O)(=O)O. The second-order valence-electron chi connectivity index (χ2n) is 2.06. The van der Waals surface area contributed by atoms with E-state index in [-0.39, 0.29) is 5.56 Å². The summed E-state index contributed by atoms with van der Waals surface area (Å²) >= 11 is 0. The fourth-order valence-corrected chi connectivity index (χ4v) is 1.25. The van der Waals surface area contributed by atoms with Crippen LogP contribution >= 0.6 is 0 Å². The van der Waals surface area contributed by atoms with E-state index >= 15 is 0 Å². The van der Waals surface area contributed by atoms with Gasteiger partial charge in [0.25, 0.3) is 0 Å². The van der Waals surface area contributed by atoms with Gasteiger partial charge in [-0.05, 0) is 6.92 Å². The molecule has 1 aromatic rings. The summed E-state index contributed by atoms with van der Waals surface area (Å²) in [4.78, 5) is 10.7. The summed E-state index contributed by atoms with van der Waals surface area (Å²) in [5, 5.41) is 2.23. The minimum absolute atomic E-state index is 0.252. The van der Waals surface area contributed by atoms with Gasteiger partial charge < -0.3 is 4.52 Å². The topological polar surface area (TPSA) is 97.5 Å². The van der Waals surface area contributed by atoms with Crippen LogP contribution in [-0.2, 0) is 10.1 Å². The largest absolute Gasteiger partial charge is 0.363 e. The molecule has 1 N–H and O–H groups in total. The number of Topliss-reactive ketones (excluding diaryl/α,β-unsaturated/α-hetero) is 1. The molecule has 0 saturated carbocycles. The number of ketones is 1. The average Bonchev–Trinajstić information content (AvgIpc) is 2.30. The first-order valence-corrected chi connectivity index (χ1v) is 4.29. The molecule has 6 nitrogen and oxygen atoms in total. The lowest BCUT2D eigenvalue weighted by molar-refractivity contribution is 0.101. The first-order valence-electron chi connectivity index (χ1n) is 2.85. The summed E-state index contributed by atoms with van der Waals surface area (Å²) < 4.78 is 33.7. The highest BCUT2D eigenvalue weighted by Gasteiger charge is 2.22. The molecule has 0 saturated heterocycles. The van der Waals surface area contributed by atoms with Crippen molar-refractivity contribution in [3.8, 4) is 0 Å². The molecule has 0 atom stereocenters. The average molecular weight is 191 g/mol. The molecular formula is C5H5NO5S. The number of nitrogens with zero attached hydrogens (tertiary/aromatic N) is 1. The quantitative estimate of drug-likeness (QED) is 0.526. The molecule has 0 aliphatic heterocycles. The summed E-state index contributed by atoms with van der Waals surface area (Å²) in [6, 6.07) is 0. The first-order chi connectivity index (χ1) is 5.43. The lowest BCUT2D eigenvalue weighted by Crippen LogP contribution is -2.04. The van der Waals surface area contributed by atoms with Gasteiger partial charge in [-0.15, -0.1) is 0 Å². The van der Waals surface area contributed by atoms with Crippen molar-refractivity contribution in [2.45, 2.75) is 11.9 Å². The van der Waals surface area contributed by atoms with Crippen LogP contribution in [0.25, 0.3) is 0 Å². The van der Waals surface area contributed by atoms with Crippen molar-refractivity contribution in [2.75, 3.05) is 0 Å². The van der Waals surface area contributed by atoms with Crippen molar-refractivity contribution in [2.24, 2.45) is 0 Å².